The monoisotopic (exact) mass is 370 g/mol. The number of nitrogens with one attached hydrogen (secondary N) is 1. The zero-order valence-electron chi connectivity index (χ0n) is 16.2. The van der Waals surface area contributed by atoms with Crippen molar-refractivity contribution in [3.63, 3.8) is 0 Å². The van der Waals surface area contributed by atoms with Crippen LogP contribution in [0.15, 0.2) is 18.3 Å². The van der Waals surface area contributed by atoms with E-state index in [1.165, 1.54) is 0 Å². The number of urea groups is 1. The van der Waals surface area contributed by atoms with E-state index in [2.05, 4.69) is 10.4 Å². The molecule has 3 amide bonds. The van der Waals surface area contributed by atoms with Crippen LogP contribution in [0.2, 0.25) is 0 Å². The molecule has 0 spiro atoms. The van der Waals surface area contributed by atoms with Crippen LogP contribution in [-0.4, -0.2) is 46.6 Å². The summed E-state index contributed by atoms with van der Waals surface area (Å²) in [4.78, 5) is 25.4. The number of anilines is 1. The number of hydrogen-bond donors (Lipinski definition) is 1. The van der Waals surface area contributed by atoms with Gasteiger partial charge in [0.25, 0.3) is 0 Å². The molecule has 4 rings (SSSR count). The smallest absolute Gasteiger partial charge is 0.399 e. The lowest BCUT2D eigenvalue weighted by Crippen LogP contribution is -2.50. The Morgan fingerprint density at radius 2 is 1.81 bits per heavy atom. The molecule has 0 unspecified atom stereocenters. The summed E-state index contributed by atoms with van der Waals surface area (Å²) in [6, 6.07) is 3.36. The SMILES string of the molecule is Cn1ncc2c(B3OC(C)(C)C(C)(C)O3)cc(N3CCC(=O)NC3=O)cc21. The van der Waals surface area contributed by atoms with Crippen molar-refractivity contribution in [2.45, 2.75) is 45.3 Å². The second-order valence-corrected chi connectivity index (χ2v) is 8.08. The predicted molar refractivity (Wildman–Crippen MR) is 102 cm³/mol. The number of nitrogens with zero attached hydrogens (tertiary/aromatic N) is 3. The lowest BCUT2D eigenvalue weighted by molar-refractivity contribution is -0.120. The summed E-state index contributed by atoms with van der Waals surface area (Å²) in [7, 11) is 1.27. The maximum atomic E-state index is 12.3. The van der Waals surface area contributed by atoms with Crippen LogP contribution in [0.25, 0.3) is 10.9 Å². The van der Waals surface area contributed by atoms with Gasteiger partial charge in [-0.3, -0.25) is 19.7 Å². The highest BCUT2D eigenvalue weighted by atomic mass is 16.7. The summed E-state index contributed by atoms with van der Waals surface area (Å²) >= 11 is 0. The van der Waals surface area contributed by atoms with Gasteiger partial charge in [0.1, 0.15) is 0 Å². The topological polar surface area (TPSA) is 85.7 Å². The van der Waals surface area contributed by atoms with E-state index in [0.29, 0.717) is 12.2 Å². The molecule has 8 nitrogen and oxygen atoms in total. The van der Waals surface area contributed by atoms with E-state index in [1.54, 1.807) is 15.8 Å². The average molecular weight is 370 g/mol. The van der Waals surface area contributed by atoms with E-state index >= 15 is 0 Å². The van der Waals surface area contributed by atoms with Gasteiger partial charge in [0.05, 0.1) is 22.9 Å². The van der Waals surface area contributed by atoms with Gasteiger partial charge in [-0.1, -0.05) is 0 Å². The van der Waals surface area contributed by atoms with Crippen LogP contribution in [0, 0.1) is 0 Å². The Labute approximate surface area is 157 Å². The average Bonchev–Trinajstić information content (AvgIpc) is 3.04. The lowest BCUT2D eigenvalue weighted by Gasteiger charge is -2.32. The summed E-state index contributed by atoms with van der Waals surface area (Å²) in [5, 5.41) is 7.62. The fourth-order valence-corrected chi connectivity index (χ4v) is 3.39. The molecule has 0 aliphatic carbocycles. The summed E-state index contributed by atoms with van der Waals surface area (Å²) in [6.07, 6.45) is 2.04. The first-order valence-corrected chi connectivity index (χ1v) is 9.02. The quantitative estimate of drug-likeness (QED) is 0.806. The van der Waals surface area contributed by atoms with Crippen LogP contribution in [0.5, 0.6) is 0 Å². The fraction of sp³-hybridized carbons (Fsp3) is 0.500. The number of imide groups is 1. The summed E-state index contributed by atoms with van der Waals surface area (Å²) < 4.78 is 14.2. The summed E-state index contributed by atoms with van der Waals surface area (Å²) in [5.74, 6) is -0.260. The highest BCUT2D eigenvalue weighted by Crippen LogP contribution is 2.37. The molecule has 142 valence electrons. The first-order chi connectivity index (χ1) is 12.6. The molecule has 1 aromatic carbocycles. The minimum Gasteiger partial charge on any atom is -0.399 e. The molecule has 0 saturated carbocycles. The van der Waals surface area contributed by atoms with Crippen molar-refractivity contribution in [3.8, 4) is 0 Å². The van der Waals surface area contributed by atoms with E-state index in [4.69, 9.17) is 9.31 Å². The number of rotatable bonds is 2. The Kier molecular flexibility index (Phi) is 3.87. The van der Waals surface area contributed by atoms with Gasteiger partial charge in [-0.2, -0.15) is 5.10 Å². The maximum absolute atomic E-state index is 12.3. The third-order valence-corrected chi connectivity index (χ3v) is 5.76. The van der Waals surface area contributed by atoms with Crippen molar-refractivity contribution in [2.75, 3.05) is 11.4 Å². The van der Waals surface area contributed by atoms with Crippen LogP contribution in [-0.2, 0) is 21.2 Å². The van der Waals surface area contributed by atoms with Crippen LogP contribution < -0.4 is 15.7 Å². The van der Waals surface area contributed by atoms with Crippen LogP contribution in [0.1, 0.15) is 34.1 Å². The van der Waals surface area contributed by atoms with Crippen LogP contribution in [0.4, 0.5) is 10.5 Å². The zero-order valence-corrected chi connectivity index (χ0v) is 16.2. The van der Waals surface area contributed by atoms with Crippen LogP contribution >= 0.6 is 0 Å². The number of carbonyl (C=O) groups excluding carboxylic acids is 2. The number of aryl methyl sites for hydroxylation is 1. The number of carbonyl (C=O) groups is 2. The molecule has 9 heteroatoms. The Morgan fingerprint density at radius 3 is 2.44 bits per heavy atom. The third kappa shape index (κ3) is 2.81. The molecule has 2 aliphatic rings. The lowest BCUT2D eigenvalue weighted by atomic mass is 9.76. The number of benzene rings is 1. The molecular weight excluding hydrogens is 347 g/mol. The molecule has 2 fully saturated rings. The molecule has 1 N–H and O–H groups in total. The highest BCUT2D eigenvalue weighted by Gasteiger charge is 2.52. The minimum absolute atomic E-state index is 0.260. The largest absolute Gasteiger partial charge is 0.495 e. The second-order valence-electron chi connectivity index (χ2n) is 8.08. The summed E-state index contributed by atoms with van der Waals surface area (Å²) in [5.41, 5.74) is 1.41. The van der Waals surface area contributed by atoms with E-state index in [9.17, 15) is 9.59 Å². The molecule has 0 bridgehead atoms. The third-order valence-electron chi connectivity index (χ3n) is 5.76. The number of hydrogen-bond acceptors (Lipinski definition) is 5. The molecule has 0 atom stereocenters. The maximum Gasteiger partial charge on any atom is 0.495 e. The van der Waals surface area contributed by atoms with E-state index in [1.807, 2.05) is 46.9 Å². The van der Waals surface area contributed by atoms with Gasteiger partial charge < -0.3 is 9.31 Å². The second kappa shape index (κ2) is 5.80. The van der Waals surface area contributed by atoms with E-state index < -0.39 is 24.4 Å². The number of aromatic nitrogens is 2. The molecule has 1 aromatic heterocycles. The van der Waals surface area contributed by atoms with E-state index in [0.717, 1.165) is 16.4 Å². The first-order valence-electron chi connectivity index (χ1n) is 9.02. The van der Waals surface area contributed by atoms with Crippen molar-refractivity contribution in [2.24, 2.45) is 7.05 Å². The van der Waals surface area contributed by atoms with Crippen molar-refractivity contribution >= 4 is 41.1 Å². The van der Waals surface area contributed by atoms with Gasteiger partial charge in [-0.05, 0) is 45.3 Å². The van der Waals surface area contributed by atoms with Crippen LogP contribution in [0.3, 0.4) is 0 Å². The van der Waals surface area contributed by atoms with Crippen molar-refractivity contribution in [3.05, 3.63) is 18.3 Å². The molecule has 2 saturated heterocycles. The fourth-order valence-electron chi connectivity index (χ4n) is 3.39. The molecule has 27 heavy (non-hydrogen) atoms. The molecule has 2 aromatic rings. The van der Waals surface area contributed by atoms with Crippen molar-refractivity contribution in [1.82, 2.24) is 15.1 Å². The number of amides is 3. The van der Waals surface area contributed by atoms with Crippen molar-refractivity contribution < 1.29 is 18.9 Å². The Balaban J connectivity index is 1.81. The first kappa shape index (κ1) is 18.0. The molecular formula is C18H23BN4O4. The Hall–Kier alpha value is -2.39. The standard InChI is InChI=1S/C18H23BN4O4/c1-17(2)18(3,4)27-19(26-17)13-8-11(9-14-12(13)10-20-22(14)5)23-7-6-15(24)21-16(23)25/h8-10H,6-7H2,1-5H3,(H,21,24,25). The summed E-state index contributed by atoms with van der Waals surface area (Å²) in [6.45, 7) is 8.33. The van der Waals surface area contributed by atoms with Crippen molar-refractivity contribution in [1.29, 1.82) is 0 Å². The van der Waals surface area contributed by atoms with Gasteiger partial charge >= 0.3 is 13.1 Å². The molecule has 0 radical (unpaired) electrons. The van der Waals surface area contributed by atoms with Gasteiger partial charge in [-0.15, -0.1) is 0 Å². The normalized spacial score (nSPS) is 21.8. The Bertz CT molecular complexity index is 936. The minimum atomic E-state index is -0.573. The number of fused-ring (bicyclic) bond motifs is 1. The van der Waals surface area contributed by atoms with Gasteiger partial charge in [-0.25, -0.2) is 4.79 Å². The van der Waals surface area contributed by atoms with Gasteiger partial charge in [0.15, 0.2) is 0 Å². The highest BCUT2D eigenvalue weighted by molar-refractivity contribution is 6.65. The van der Waals surface area contributed by atoms with E-state index in [-0.39, 0.29) is 12.3 Å². The molecule has 3 heterocycles. The van der Waals surface area contributed by atoms with Gasteiger partial charge in [0.2, 0.25) is 5.91 Å². The zero-order chi connectivity index (χ0) is 19.6. The van der Waals surface area contributed by atoms with Gasteiger partial charge in [0, 0.05) is 31.1 Å². The predicted octanol–water partition coefficient (Wildman–Crippen LogP) is 1.32. The molecule has 2 aliphatic heterocycles. The Morgan fingerprint density at radius 1 is 1.15 bits per heavy atom.